The van der Waals surface area contributed by atoms with Crippen LogP contribution in [0.25, 0.3) is 17.0 Å². The topological polar surface area (TPSA) is 57.3 Å². The van der Waals surface area contributed by atoms with Gasteiger partial charge in [0, 0.05) is 24.0 Å². The van der Waals surface area contributed by atoms with Crippen molar-refractivity contribution in [1.29, 1.82) is 0 Å². The number of carbonyl (C=O) groups is 1. The zero-order chi connectivity index (χ0) is 16.5. The van der Waals surface area contributed by atoms with Crippen LogP contribution < -0.4 is 15.5 Å². The molecule has 2 N–H and O–H groups in total. The third-order valence-electron chi connectivity index (χ3n) is 4.41. The van der Waals surface area contributed by atoms with Gasteiger partial charge in [-0.05, 0) is 49.7 Å². The van der Waals surface area contributed by atoms with E-state index in [1.807, 2.05) is 30.3 Å². The van der Waals surface area contributed by atoms with Crippen molar-refractivity contribution in [2.75, 3.05) is 18.0 Å². The van der Waals surface area contributed by atoms with Gasteiger partial charge in [-0.25, -0.2) is 4.98 Å². The predicted octanol–water partition coefficient (Wildman–Crippen LogP) is 2.57. The number of amides is 1. The lowest BCUT2D eigenvalue weighted by molar-refractivity contribution is -0.115. The monoisotopic (exact) mass is 338 g/mol. The fourth-order valence-corrected chi connectivity index (χ4v) is 3.43. The Labute approximate surface area is 145 Å². The van der Waals surface area contributed by atoms with Gasteiger partial charge in [-0.15, -0.1) is 0 Å². The van der Waals surface area contributed by atoms with E-state index < -0.39 is 0 Å². The molecule has 0 radical (unpaired) electrons. The van der Waals surface area contributed by atoms with E-state index in [0.717, 1.165) is 35.4 Å². The molecule has 2 saturated heterocycles. The lowest BCUT2D eigenvalue weighted by Crippen LogP contribution is -2.30. The molecule has 122 valence electrons. The van der Waals surface area contributed by atoms with Crippen molar-refractivity contribution in [3.63, 3.8) is 0 Å². The Kier molecular flexibility index (Phi) is 3.90. The number of pyridine rings is 1. The number of anilines is 1. The lowest BCUT2D eigenvalue weighted by Gasteiger charge is -2.29. The highest BCUT2D eigenvalue weighted by Crippen LogP contribution is 2.28. The first-order chi connectivity index (χ1) is 11.7. The van der Waals surface area contributed by atoms with Crippen molar-refractivity contribution >= 4 is 46.0 Å². The van der Waals surface area contributed by atoms with Gasteiger partial charge in [-0.3, -0.25) is 10.1 Å². The van der Waals surface area contributed by atoms with Crippen molar-refractivity contribution < 1.29 is 4.79 Å². The number of carbonyl (C=O) groups excluding carboxylic acids is 1. The third kappa shape index (κ3) is 2.85. The smallest absolute Gasteiger partial charge is 0.273 e. The van der Waals surface area contributed by atoms with E-state index in [-0.39, 0.29) is 5.91 Å². The van der Waals surface area contributed by atoms with Crippen LogP contribution in [0, 0.1) is 0 Å². The summed E-state index contributed by atoms with van der Waals surface area (Å²) in [6.45, 7) is 2.00. The van der Waals surface area contributed by atoms with Gasteiger partial charge in [-0.2, -0.15) is 0 Å². The van der Waals surface area contributed by atoms with E-state index in [4.69, 9.17) is 17.2 Å². The van der Waals surface area contributed by atoms with Gasteiger partial charge in [0.15, 0.2) is 5.11 Å². The number of piperidine rings is 1. The van der Waals surface area contributed by atoms with Crippen molar-refractivity contribution in [3.8, 4) is 0 Å². The number of para-hydroxylation sites is 1. The van der Waals surface area contributed by atoms with Crippen LogP contribution >= 0.6 is 12.2 Å². The standard InChI is InChI=1S/C18H18N4OS/c23-17-15(20-18(24)21-17)11-13-10-12-6-2-3-7-14(12)19-16(13)22-8-4-1-5-9-22/h2-3,6-7,10-11H,1,4-5,8-9H2,(H2,20,21,23,24). The van der Waals surface area contributed by atoms with Crippen LogP contribution in [0.2, 0.25) is 0 Å². The number of hydrogen-bond donors (Lipinski definition) is 2. The molecule has 1 aromatic heterocycles. The second-order valence-electron chi connectivity index (χ2n) is 6.11. The fourth-order valence-electron chi connectivity index (χ4n) is 3.23. The summed E-state index contributed by atoms with van der Waals surface area (Å²) in [5.74, 6) is 0.742. The van der Waals surface area contributed by atoms with E-state index in [0.29, 0.717) is 10.8 Å². The van der Waals surface area contributed by atoms with E-state index in [1.54, 1.807) is 0 Å². The molecule has 2 fully saturated rings. The van der Waals surface area contributed by atoms with Gasteiger partial charge in [0.25, 0.3) is 5.91 Å². The Bertz CT molecular complexity index is 855. The number of aromatic nitrogens is 1. The minimum atomic E-state index is -0.197. The van der Waals surface area contributed by atoms with E-state index in [1.165, 1.54) is 19.3 Å². The highest BCUT2D eigenvalue weighted by molar-refractivity contribution is 7.80. The van der Waals surface area contributed by atoms with Gasteiger partial charge in [0.05, 0.1) is 5.52 Å². The van der Waals surface area contributed by atoms with Crippen molar-refractivity contribution in [2.24, 2.45) is 0 Å². The summed E-state index contributed by atoms with van der Waals surface area (Å²) in [6.07, 6.45) is 5.46. The third-order valence-corrected chi connectivity index (χ3v) is 4.61. The molecule has 24 heavy (non-hydrogen) atoms. The normalized spacial score (nSPS) is 19.7. The van der Waals surface area contributed by atoms with Crippen LogP contribution in [0.4, 0.5) is 5.82 Å². The first-order valence-electron chi connectivity index (χ1n) is 8.19. The average Bonchev–Trinajstić information content (AvgIpc) is 2.92. The lowest BCUT2D eigenvalue weighted by atomic mass is 10.1. The Morgan fingerprint density at radius 1 is 1.12 bits per heavy atom. The van der Waals surface area contributed by atoms with Crippen LogP contribution in [-0.4, -0.2) is 29.1 Å². The Hall–Kier alpha value is -2.47. The quantitative estimate of drug-likeness (QED) is 0.651. The van der Waals surface area contributed by atoms with Crippen LogP contribution in [-0.2, 0) is 4.79 Å². The van der Waals surface area contributed by atoms with Crippen molar-refractivity contribution in [3.05, 3.63) is 41.6 Å². The molecule has 0 unspecified atom stereocenters. The molecule has 0 bridgehead atoms. The number of nitrogens with zero attached hydrogens (tertiary/aromatic N) is 2. The number of thiocarbonyl (C=S) groups is 1. The molecule has 0 saturated carbocycles. The molecule has 5 nitrogen and oxygen atoms in total. The molecule has 6 heteroatoms. The molecule has 0 atom stereocenters. The minimum Gasteiger partial charge on any atom is -0.356 e. The number of rotatable bonds is 2. The maximum Gasteiger partial charge on any atom is 0.273 e. The minimum absolute atomic E-state index is 0.197. The first kappa shape index (κ1) is 15.1. The molecule has 1 aromatic carbocycles. The Morgan fingerprint density at radius 2 is 1.92 bits per heavy atom. The molecule has 2 aromatic rings. The van der Waals surface area contributed by atoms with Gasteiger partial charge in [-0.1, -0.05) is 18.2 Å². The van der Waals surface area contributed by atoms with Gasteiger partial charge < -0.3 is 10.2 Å². The summed E-state index contributed by atoms with van der Waals surface area (Å²) in [6, 6.07) is 10.1. The summed E-state index contributed by atoms with van der Waals surface area (Å²) < 4.78 is 0. The number of benzene rings is 1. The maximum absolute atomic E-state index is 12.0. The molecular formula is C18H18N4OS. The van der Waals surface area contributed by atoms with Gasteiger partial charge in [0.2, 0.25) is 0 Å². The number of hydrogen-bond acceptors (Lipinski definition) is 4. The Balaban J connectivity index is 1.83. The highest BCUT2D eigenvalue weighted by atomic mass is 32.1. The van der Waals surface area contributed by atoms with Crippen LogP contribution in [0.15, 0.2) is 36.0 Å². The van der Waals surface area contributed by atoms with Gasteiger partial charge in [0.1, 0.15) is 11.5 Å². The van der Waals surface area contributed by atoms with E-state index >= 15 is 0 Å². The van der Waals surface area contributed by atoms with Gasteiger partial charge >= 0.3 is 0 Å². The highest BCUT2D eigenvalue weighted by Gasteiger charge is 2.22. The summed E-state index contributed by atoms with van der Waals surface area (Å²) >= 11 is 5.01. The summed E-state index contributed by atoms with van der Waals surface area (Å²) in [5, 5.41) is 6.93. The average molecular weight is 338 g/mol. The SMILES string of the molecule is O=C1NC(=S)NC1=Cc1cc2ccccc2nc1N1CCCCC1. The molecule has 0 spiro atoms. The molecule has 0 aliphatic carbocycles. The van der Waals surface area contributed by atoms with Crippen LogP contribution in [0.3, 0.4) is 0 Å². The zero-order valence-electron chi connectivity index (χ0n) is 13.2. The largest absolute Gasteiger partial charge is 0.356 e. The van der Waals surface area contributed by atoms with Crippen LogP contribution in [0.5, 0.6) is 0 Å². The maximum atomic E-state index is 12.0. The summed E-state index contributed by atoms with van der Waals surface area (Å²) in [7, 11) is 0. The molecule has 1 amide bonds. The van der Waals surface area contributed by atoms with E-state index in [9.17, 15) is 4.79 Å². The second-order valence-corrected chi connectivity index (χ2v) is 6.52. The number of nitrogens with one attached hydrogen (secondary N) is 2. The Morgan fingerprint density at radius 3 is 2.67 bits per heavy atom. The zero-order valence-corrected chi connectivity index (χ0v) is 14.0. The molecule has 2 aliphatic heterocycles. The van der Waals surface area contributed by atoms with Crippen molar-refractivity contribution in [1.82, 2.24) is 15.6 Å². The second kappa shape index (κ2) is 6.20. The summed E-state index contributed by atoms with van der Waals surface area (Å²) in [5.41, 5.74) is 2.38. The predicted molar refractivity (Wildman–Crippen MR) is 99.7 cm³/mol. The fraction of sp³-hybridized carbons (Fsp3) is 0.278. The molecule has 3 heterocycles. The van der Waals surface area contributed by atoms with Crippen molar-refractivity contribution in [2.45, 2.75) is 19.3 Å². The molecule has 4 rings (SSSR count). The summed E-state index contributed by atoms with van der Waals surface area (Å²) in [4.78, 5) is 19.2. The van der Waals surface area contributed by atoms with Crippen LogP contribution in [0.1, 0.15) is 24.8 Å². The first-order valence-corrected chi connectivity index (χ1v) is 8.60. The molecule has 2 aliphatic rings. The van der Waals surface area contributed by atoms with E-state index in [2.05, 4.69) is 21.6 Å². The number of fused-ring (bicyclic) bond motifs is 1. The molecular weight excluding hydrogens is 320 g/mol.